The zero-order valence-corrected chi connectivity index (χ0v) is 55.8. The van der Waals surface area contributed by atoms with Gasteiger partial charge in [-0.05, 0) is 119 Å². The number of sulfonamides is 2. The number of carbonyl (C=O) groups is 7. The van der Waals surface area contributed by atoms with Crippen LogP contribution in [0.2, 0.25) is 0 Å². The molecule has 2 aromatic heterocycles. The maximum atomic E-state index is 14.4. The summed E-state index contributed by atoms with van der Waals surface area (Å²) in [7, 11) is -4.66. The number of ether oxygens (including phenoxy) is 4. The summed E-state index contributed by atoms with van der Waals surface area (Å²) in [6, 6.07) is 13.7. The fraction of sp³-hybridized carbons (Fsp3) is 0.574. The molecule has 2 saturated heterocycles. The molecule has 0 bridgehead atoms. The molecule has 4 aliphatic carbocycles. The number of ketones is 3. The van der Waals surface area contributed by atoms with E-state index in [1.165, 1.54) is 24.0 Å². The third kappa shape index (κ3) is 15.5. The predicted molar refractivity (Wildman–Crippen MR) is 346 cm³/mol. The van der Waals surface area contributed by atoms with Crippen LogP contribution in [-0.4, -0.2) is 158 Å². The number of hydrogen-bond donors (Lipinski definition) is 3. The molecule has 6 fully saturated rings. The Bertz CT molecular complexity index is 3770. The van der Waals surface area contributed by atoms with E-state index in [9.17, 15) is 50.4 Å². The molecule has 4 heterocycles. The lowest BCUT2D eigenvalue weighted by atomic mass is 9.85. The minimum atomic E-state index is -3.84. The second-order valence-electron chi connectivity index (χ2n) is 27.5. The number of amides is 4. The monoisotopic (exact) mass is 1310 g/mol. The molecule has 0 spiro atoms. The highest BCUT2D eigenvalue weighted by Crippen LogP contribution is 2.58. The third-order valence-electron chi connectivity index (χ3n) is 19.2. The van der Waals surface area contributed by atoms with Gasteiger partial charge >= 0.3 is 0 Å². The molecule has 10 rings (SSSR count). The van der Waals surface area contributed by atoms with Gasteiger partial charge in [0.15, 0.2) is 11.6 Å². The van der Waals surface area contributed by atoms with E-state index in [2.05, 4.69) is 32.6 Å². The van der Waals surface area contributed by atoms with E-state index in [0.717, 1.165) is 32.7 Å². The average Bonchev–Trinajstić information content (AvgIpc) is 1.58. The van der Waals surface area contributed by atoms with Crippen molar-refractivity contribution in [2.75, 3.05) is 33.9 Å². The zero-order chi connectivity index (χ0) is 67.0. The Morgan fingerprint density at radius 3 is 1.42 bits per heavy atom. The van der Waals surface area contributed by atoms with Gasteiger partial charge in [0.25, 0.3) is 0 Å². The number of pyridine rings is 2. The molecule has 12 atom stereocenters. The van der Waals surface area contributed by atoms with Crippen LogP contribution in [0.5, 0.6) is 11.8 Å². The minimum absolute atomic E-state index is 0.0188. The van der Waals surface area contributed by atoms with Crippen LogP contribution in [0.25, 0.3) is 21.5 Å². The van der Waals surface area contributed by atoms with Crippen LogP contribution in [0, 0.1) is 53.8 Å². The Kier molecular flexibility index (Phi) is 20.8. The molecule has 2 aliphatic heterocycles. The molecule has 4 N–H and O–H groups in total. The quantitative estimate of drug-likeness (QED) is 0.0484. The van der Waals surface area contributed by atoms with Crippen LogP contribution in [0.4, 0.5) is 0 Å². The van der Waals surface area contributed by atoms with Crippen LogP contribution in [0.1, 0.15) is 123 Å². The Morgan fingerprint density at radius 1 is 0.663 bits per heavy atom. The number of hydrogen-bond acceptors (Lipinski definition) is 18. The summed E-state index contributed by atoms with van der Waals surface area (Å²) in [4.78, 5) is 108. The molecule has 2 aromatic carbocycles. The number of allylic oxidation sites excluding steroid dienone is 2. The minimum Gasteiger partial charge on any atom is -0.472 e. The van der Waals surface area contributed by atoms with E-state index in [4.69, 9.17) is 24.7 Å². The first-order valence-corrected chi connectivity index (χ1v) is 34.9. The number of aromatic nitrogens is 2. The number of carbonyl (C=O) groups excluding carboxylic acids is 7. The van der Waals surface area contributed by atoms with Crippen molar-refractivity contribution in [3.63, 3.8) is 0 Å². The van der Waals surface area contributed by atoms with Crippen molar-refractivity contribution in [1.29, 1.82) is 0 Å². The molecule has 0 radical (unpaired) electrons. The van der Waals surface area contributed by atoms with Crippen molar-refractivity contribution in [3.05, 3.63) is 97.4 Å². The number of aryl methyl sites for hydroxylation is 2. The number of nitrogens with two attached hydrogens (primary N) is 1. The summed E-state index contributed by atoms with van der Waals surface area (Å²) in [5, 5.41) is 2.32. The van der Waals surface area contributed by atoms with Crippen molar-refractivity contribution < 1.29 is 69.3 Å². The van der Waals surface area contributed by atoms with Crippen LogP contribution in [0.15, 0.2) is 86.2 Å². The predicted octanol–water partition coefficient (Wildman–Crippen LogP) is 6.96. The normalized spacial score (nSPS) is 25.7. The van der Waals surface area contributed by atoms with E-state index in [-0.39, 0.29) is 105 Å². The molecule has 498 valence electrons. The van der Waals surface area contributed by atoms with Gasteiger partial charge in [-0.3, -0.25) is 43.0 Å². The number of rotatable bonds is 28. The van der Waals surface area contributed by atoms with Gasteiger partial charge in [0.1, 0.15) is 18.0 Å². The number of methoxy groups -OCH3 is 2. The maximum absolute atomic E-state index is 14.4. The summed E-state index contributed by atoms with van der Waals surface area (Å²) in [5.74, 6) is -4.46. The van der Waals surface area contributed by atoms with Crippen LogP contribution in [0.3, 0.4) is 0 Å². The lowest BCUT2D eigenvalue weighted by Gasteiger charge is -2.31. The fourth-order valence-corrected chi connectivity index (χ4v) is 15.9. The van der Waals surface area contributed by atoms with Gasteiger partial charge in [-0.25, -0.2) is 26.8 Å². The van der Waals surface area contributed by atoms with Gasteiger partial charge in [0, 0.05) is 82.5 Å². The van der Waals surface area contributed by atoms with Crippen molar-refractivity contribution in [2.45, 2.75) is 173 Å². The molecule has 4 saturated carbocycles. The molecule has 4 amide bonds. The zero-order valence-electron chi connectivity index (χ0n) is 54.2. The van der Waals surface area contributed by atoms with E-state index in [0.29, 0.717) is 43.9 Å². The number of benzene rings is 2. The summed E-state index contributed by atoms with van der Waals surface area (Å²) in [6.45, 7) is 21.1. The number of likely N-dealkylation sites (tertiary alicyclic amines) is 2. The molecule has 6 aliphatic rings. The number of Topliss-reactive ketones (excluding diaryl/α,β-unsaturated/α-hetero) is 3. The van der Waals surface area contributed by atoms with Gasteiger partial charge in [-0.15, -0.1) is 13.2 Å². The topological polar surface area (TPSA) is 307 Å². The molecule has 4 aromatic rings. The van der Waals surface area contributed by atoms with E-state index in [1.807, 2.05) is 83.1 Å². The largest absolute Gasteiger partial charge is 0.472 e. The number of fused-ring (bicyclic) bond motifs is 2. The summed E-state index contributed by atoms with van der Waals surface area (Å²) in [5.41, 5.74) is 5.37. The Labute approximate surface area is 539 Å². The van der Waals surface area contributed by atoms with Crippen LogP contribution < -0.4 is 24.7 Å². The van der Waals surface area contributed by atoms with E-state index >= 15 is 0 Å². The molecule has 92 heavy (non-hydrogen) atoms. The average molecular weight is 1310 g/mol. The van der Waals surface area contributed by atoms with Gasteiger partial charge in [-0.1, -0.05) is 68.3 Å². The van der Waals surface area contributed by atoms with Crippen molar-refractivity contribution in [3.8, 4) is 11.8 Å². The lowest BCUT2D eigenvalue weighted by Crippen LogP contribution is -2.49. The van der Waals surface area contributed by atoms with Gasteiger partial charge in [-0.2, -0.15) is 0 Å². The molecule has 0 unspecified atom stereocenters. The first kappa shape index (κ1) is 69.4. The van der Waals surface area contributed by atoms with E-state index < -0.39 is 107 Å². The lowest BCUT2D eigenvalue weighted by molar-refractivity contribution is -0.147. The van der Waals surface area contributed by atoms with Gasteiger partial charge < -0.3 is 34.5 Å². The Balaban J connectivity index is 0.000000219. The molecule has 24 heteroatoms. The molecular weight excluding hydrogens is 1220 g/mol. The number of nitrogens with one attached hydrogen (secondary N) is 2. The second-order valence-corrected chi connectivity index (χ2v) is 31.4. The van der Waals surface area contributed by atoms with E-state index in [1.54, 1.807) is 38.4 Å². The highest BCUT2D eigenvalue weighted by molar-refractivity contribution is 7.91. The van der Waals surface area contributed by atoms with Crippen LogP contribution >= 0.6 is 0 Å². The summed E-state index contributed by atoms with van der Waals surface area (Å²) in [6.07, 6.45) is 6.81. The standard InChI is InChI=1S/C37H49N3O8S.C31H40N4O7S/c1-8-25-18-37(25,35(44)39-49(45,46)28-10-11-28)20-32(42)31-17-27(48-33-29-12-9-22(2)15-24(29)13-14-38-33)21-40(31)34(43)30(23(3)47-7)16-26(41)19-36(4,5)6;1-5-21-14-31(21,30(38)34-43(39,40)23-7-8-23)15-27(36)26-13-22(17-35(26)29(37)25(16-32)19(3)41-4)42-28-24-9-6-18(2)12-20(24)10-11-33-28/h8-9,12-15,23,25,27-28,30-31H,1,10-11,16-21H2,2-7H3,(H,39,44);5-6,9-12,19,21-23,25-26H,1,7-8,13-17,32H2,2-4H3,(H,34,38)/t23-,25+,27+,30-,31-,37+;19-,21+,22+,25-,26-,31+/m00/s1. The first-order chi connectivity index (χ1) is 43.4. The number of nitrogens with zero attached hydrogens (tertiary/aromatic N) is 4. The first-order valence-electron chi connectivity index (χ1n) is 31.8. The molecule has 22 nitrogen and oxygen atoms in total. The molecular formula is C68H89N7O15S2. The fourth-order valence-electron chi connectivity index (χ4n) is 13.1. The maximum Gasteiger partial charge on any atom is 0.240 e. The van der Waals surface area contributed by atoms with Crippen molar-refractivity contribution >= 4 is 82.6 Å². The Hall–Kier alpha value is -6.99. The second kappa shape index (κ2) is 27.5. The smallest absolute Gasteiger partial charge is 0.240 e. The van der Waals surface area contributed by atoms with Gasteiger partial charge in [0.05, 0.1) is 70.5 Å². The highest BCUT2D eigenvalue weighted by Gasteiger charge is 2.63. The Morgan fingerprint density at radius 2 is 1.07 bits per heavy atom. The van der Waals surface area contributed by atoms with Crippen LogP contribution in [-0.2, 0) is 63.1 Å². The summed E-state index contributed by atoms with van der Waals surface area (Å²) >= 11 is 0. The summed E-state index contributed by atoms with van der Waals surface area (Å²) < 4.78 is 78.6. The van der Waals surface area contributed by atoms with Crippen molar-refractivity contribution in [1.82, 2.24) is 29.2 Å². The highest BCUT2D eigenvalue weighted by atomic mass is 32.2. The van der Waals surface area contributed by atoms with Gasteiger partial charge in [0.2, 0.25) is 55.4 Å². The SMILES string of the molecule is C=C[C@@H]1C[C@]1(CC(=O)[C@@H]1C[C@@H](Oc2nccc3cc(C)ccc23)CN1C(=O)[C@@H](CC(=O)CC(C)(C)C)[C@H](C)OC)C(=O)NS(=O)(=O)C1CC1.C=C[C@@H]1C[C@]1(CC(=O)[C@@H]1C[C@@H](Oc2nccc3cc(C)ccc23)CN1C(=O)[C@@H](CN)[C@H](C)OC)C(=O)NS(=O)(=O)C1CC1. The third-order valence-corrected chi connectivity index (χ3v) is 22.9. The van der Waals surface area contributed by atoms with Crippen molar-refractivity contribution in [2.24, 2.45) is 45.7 Å².